The maximum atomic E-state index is 12.1. The number of sulfonamides is 1. The summed E-state index contributed by atoms with van der Waals surface area (Å²) in [5.41, 5.74) is 0.0431. The Morgan fingerprint density at radius 2 is 1.80 bits per heavy atom. The van der Waals surface area contributed by atoms with Crippen molar-refractivity contribution in [3.8, 4) is 0 Å². The van der Waals surface area contributed by atoms with Gasteiger partial charge in [0.15, 0.2) is 0 Å². The second kappa shape index (κ2) is 6.84. The smallest absolute Gasteiger partial charge is 0.210 e. The van der Waals surface area contributed by atoms with Gasteiger partial charge < -0.3 is 0 Å². The predicted molar refractivity (Wildman–Crippen MR) is 85.4 cm³/mol. The molecule has 0 saturated heterocycles. The standard InChI is InChI=1S/C13H18Cl3NO2S/c1-13(2,3)7-9(14)8-17-20(18,19)10-4-5-11(15)12(16)6-10/h4-6,9,17H,7-8H2,1-3H3. The zero-order valence-electron chi connectivity index (χ0n) is 11.6. The molecule has 0 aliphatic heterocycles. The lowest BCUT2D eigenvalue weighted by Gasteiger charge is -2.22. The molecular formula is C13H18Cl3NO2S. The minimum absolute atomic E-state index is 0.0431. The highest BCUT2D eigenvalue weighted by molar-refractivity contribution is 7.89. The third kappa shape index (κ3) is 5.78. The van der Waals surface area contributed by atoms with Crippen molar-refractivity contribution in [2.45, 2.75) is 37.5 Å². The molecule has 0 amide bonds. The molecule has 0 bridgehead atoms. The van der Waals surface area contributed by atoms with Crippen molar-refractivity contribution in [2.75, 3.05) is 6.54 Å². The number of rotatable bonds is 5. The highest BCUT2D eigenvalue weighted by Crippen LogP contribution is 2.26. The first kappa shape index (κ1) is 18.1. The summed E-state index contributed by atoms with van der Waals surface area (Å²) in [4.78, 5) is 0.0755. The number of benzene rings is 1. The van der Waals surface area contributed by atoms with Gasteiger partial charge in [-0.3, -0.25) is 0 Å². The molecule has 1 aromatic rings. The summed E-state index contributed by atoms with van der Waals surface area (Å²) in [5, 5.41) is 0.243. The summed E-state index contributed by atoms with van der Waals surface area (Å²) in [6.45, 7) is 6.32. The topological polar surface area (TPSA) is 46.2 Å². The molecule has 0 aromatic heterocycles. The van der Waals surface area contributed by atoms with Crippen LogP contribution in [0.3, 0.4) is 0 Å². The van der Waals surface area contributed by atoms with Crippen LogP contribution >= 0.6 is 34.8 Å². The van der Waals surface area contributed by atoms with Gasteiger partial charge >= 0.3 is 0 Å². The van der Waals surface area contributed by atoms with Crippen LogP contribution in [-0.4, -0.2) is 20.3 Å². The molecule has 1 atom stereocenters. The molecule has 0 radical (unpaired) electrons. The fourth-order valence-corrected chi connectivity index (χ4v) is 3.77. The average molecular weight is 359 g/mol. The van der Waals surface area contributed by atoms with E-state index in [1.165, 1.54) is 18.2 Å². The lowest BCUT2D eigenvalue weighted by atomic mass is 9.90. The van der Waals surface area contributed by atoms with Gasteiger partial charge in [0.2, 0.25) is 10.0 Å². The van der Waals surface area contributed by atoms with Gasteiger partial charge in [0.25, 0.3) is 0 Å². The van der Waals surface area contributed by atoms with Gasteiger partial charge in [-0.25, -0.2) is 13.1 Å². The monoisotopic (exact) mass is 357 g/mol. The van der Waals surface area contributed by atoms with E-state index in [2.05, 4.69) is 25.5 Å². The minimum Gasteiger partial charge on any atom is -0.210 e. The van der Waals surface area contributed by atoms with Crippen molar-refractivity contribution in [1.82, 2.24) is 4.72 Å². The number of alkyl halides is 1. The van der Waals surface area contributed by atoms with Crippen LogP contribution in [0.4, 0.5) is 0 Å². The zero-order valence-corrected chi connectivity index (χ0v) is 14.7. The highest BCUT2D eigenvalue weighted by atomic mass is 35.5. The Bertz CT molecular complexity index is 567. The lowest BCUT2D eigenvalue weighted by molar-refractivity contribution is 0.369. The molecule has 1 unspecified atom stereocenters. The number of nitrogens with one attached hydrogen (secondary N) is 1. The lowest BCUT2D eigenvalue weighted by Crippen LogP contribution is -2.31. The Labute approximate surface area is 135 Å². The van der Waals surface area contributed by atoms with Crippen molar-refractivity contribution in [3.63, 3.8) is 0 Å². The Hall–Kier alpha value is -0.000000000000000111. The van der Waals surface area contributed by atoms with E-state index in [4.69, 9.17) is 34.8 Å². The summed E-state index contributed by atoms with van der Waals surface area (Å²) < 4.78 is 26.7. The first-order valence-corrected chi connectivity index (χ1v) is 8.77. The van der Waals surface area contributed by atoms with E-state index in [9.17, 15) is 8.42 Å². The summed E-state index contributed by atoms with van der Waals surface area (Å²) in [5.74, 6) is 0. The fraction of sp³-hybridized carbons (Fsp3) is 0.538. The second-order valence-electron chi connectivity index (χ2n) is 5.79. The zero-order chi connectivity index (χ0) is 15.6. The molecule has 1 rings (SSSR count). The molecule has 20 heavy (non-hydrogen) atoms. The third-order valence-corrected chi connectivity index (χ3v) is 5.00. The van der Waals surface area contributed by atoms with E-state index in [0.29, 0.717) is 11.4 Å². The summed E-state index contributed by atoms with van der Waals surface area (Å²) in [6.07, 6.45) is 0.707. The van der Waals surface area contributed by atoms with Crippen LogP contribution in [0.2, 0.25) is 10.0 Å². The number of halogens is 3. The summed E-state index contributed by atoms with van der Waals surface area (Å²) in [6, 6.07) is 4.18. The highest BCUT2D eigenvalue weighted by Gasteiger charge is 2.20. The van der Waals surface area contributed by atoms with E-state index < -0.39 is 10.0 Å². The fourth-order valence-electron chi connectivity index (χ4n) is 1.66. The van der Waals surface area contributed by atoms with Gasteiger partial charge in [0.1, 0.15) is 0 Å². The Morgan fingerprint density at radius 3 is 2.30 bits per heavy atom. The van der Waals surface area contributed by atoms with Gasteiger partial charge in [0, 0.05) is 11.9 Å². The number of hydrogen-bond donors (Lipinski definition) is 1. The Kier molecular flexibility index (Phi) is 6.17. The van der Waals surface area contributed by atoms with Crippen molar-refractivity contribution in [3.05, 3.63) is 28.2 Å². The molecular weight excluding hydrogens is 341 g/mol. The largest absolute Gasteiger partial charge is 0.240 e. The van der Waals surface area contributed by atoms with E-state index in [-0.39, 0.29) is 27.3 Å². The molecule has 114 valence electrons. The van der Waals surface area contributed by atoms with Crippen LogP contribution in [0.25, 0.3) is 0 Å². The molecule has 0 aliphatic carbocycles. The van der Waals surface area contributed by atoms with E-state index in [1.807, 2.05) is 0 Å². The maximum absolute atomic E-state index is 12.1. The molecule has 0 fully saturated rings. The Balaban J connectivity index is 2.73. The van der Waals surface area contributed by atoms with E-state index in [1.54, 1.807) is 0 Å². The SMILES string of the molecule is CC(C)(C)CC(Cl)CNS(=O)(=O)c1ccc(Cl)c(Cl)c1. The maximum Gasteiger partial charge on any atom is 0.240 e. The van der Waals surface area contributed by atoms with Crippen molar-refractivity contribution >= 4 is 44.8 Å². The van der Waals surface area contributed by atoms with E-state index in [0.717, 1.165) is 0 Å². The molecule has 0 aliphatic rings. The van der Waals surface area contributed by atoms with Crippen molar-refractivity contribution < 1.29 is 8.42 Å². The van der Waals surface area contributed by atoms with Crippen molar-refractivity contribution in [1.29, 1.82) is 0 Å². The minimum atomic E-state index is -3.63. The van der Waals surface area contributed by atoms with Crippen LogP contribution in [0.1, 0.15) is 27.2 Å². The molecule has 0 spiro atoms. The van der Waals surface area contributed by atoms with Gasteiger partial charge in [-0.15, -0.1) is 11.6 Å². The quantitative estimate of drug-likeness (QED) is 0.797. The molecule has 1 N–H and O–H groups in total. The van der Waals surface area contributed by atoms with Gasteiger partial charge in [-0.1, -0.05) is 44.0 Å². The van der Waals surface area contributed by atoms with Crippen LogP contribution in [0, 0.1) is 5.41 Å². The van der Waals surface area contributed by atoms with Crippen molar-refractivity contribution in [2.24, 2.45) is 5.41 Å². The molecule has 7 heteroatoms. The molecule has 0 saturated carbocycles. The van der Waals surface area contributed by atoms with E-state index >= 15 is 0 Å². The van der Waals surface area contributed by atoms with Crippen LogP contribution in [0.15, 0.2) is 23.1 Å². The molecule has 3 nitrogen and oxygen atoms in total. The third-order valence-electron chi connectivity index (χ3n) is 2.53. The van der Waals surface area contributed by atoms with Crippen LogP contribution in [-0.2, 0) is 10.0 Å². The number of hydrogen-bond acceptors (Lipinski definition) is 2. The van der Waals surface area contributed by atoms with Crippen LogP contribution < -0.4 is 4.72 Å². The Morgan fingerprint density at radius 1 is 1.20 bits per heavy atom. The normalized spacial score (nSPS) is 14.3. The van der Waals surface area contributed by atoms with Gasteiger partial charge in [-0.2, -0.15) is 0 Å². The molecule has 1 aromatic carbocycles. The van der Waals surface area contributed by atoms with Gasteiger partial charge in [-0.05, 0) is 30.0 Å². The first-order chi connectivity index (χ1) is 9.01. The predicted octanol–water partition coefficient (Wildman–Crippen LogP) is 4.32. The van der Waals surface area contributed by atoms with Crippen LogP contribution in [0.5, 0.6) is 0 Å². The first-order valence-electron chi connectivity index (χ1n) is 6.10. The summed E-state index contributed by atoms with van der Waals surface area (Å²) >= 11 is 17.7. The summed E-state index contributed by atoms with van der Waals surface area (Å²) in [7, 11) is -3.63. The molecule has 0 heterocycles. The van der Waals surface area contributed by atoms with Gasteiger partial charge in [0.05, 0.1) is 14.9 Å². The second-order valence-corrected chi connectivity index (χ2v) is 8.99. The average Bonchev–Trinajstić information content (AvgIpc) is 2.28.